The number of benzene rings is 1. The average molecular weight is 265 g/mol. The van der Waals surface area contributed by atoms with Gasteiger partial charge in [0.25, 0.3) is 5.91 Å². The molecule has 2 rings (SSSR count). The summed E-state index contributed by atoms with van der Waals surface area (Å²) in [6.45, 7) is 4.34. The van der Waals surface area contributed by atoms with Crippen LogP contribution in [-0.2, 0) is 4.79 Å². The summed E-state index contributed by atoms with van der Waals surface area (Å²) in [6, 6.07) is 5.48. The van der Waals surface area contributed by atoms with E-state index in [1.54, 1.807) is 18.2 Å². The lowest BCUT2D eigenvalue weighted by molar-refractivity contribution is -0.123. The van der Waals surface area contributed by atoms with Crippen LogP contribution >= 0.6 is 0 Å². The molecule has 19 heavy (non-hydrogen) atoms. The highest BCUT2D eigenvalue weighted by Crippen LogP contribution is 2.34. The van der Waals surface area contributed by atoms with Crippen LogP contribution in [0.5, 0.6) is 17.2 Å². The van der Waals surface area contributed by atoms with Crippen molar-refractivity contribution in [3.8, 4) is 17.2 Å². The maximum atomic E-state index is 11.7. The Bertz CT molecular complexity index is 443. The molecule has 5 nitrogen and oxygen atoms in total. The van der Waals surface area contributed by atoms with Crippen LogP contribution in [0.2, 0.25) is 0 Å². The predicted molar refractivity (Wildman–Crippen MR) is 70.6 cm³/mol. The van der Waals surface area contributed by atoms with Gasteiger partial charge in [0, 0.05) is 12.1 Å². The zero-order valence-electron chi connectivity index (χ0n) is 11.3. The van der Waals surface area contributed by atoms with Gasteiger partial charge >= 0.3 is 0 Å². The number of fused-ring (bicyclic) bond motifs is 1. The van der Waals surface area contributed by atoms with Gasteiger partial charge in [-0.25, -0.2) is 0 Å². The Morgan fingerprint density at radius 1 is 1.32 bits per heavy atom. The Kier molecular flexibility index (Phi) is 4.49. The third kappa shape index (κ3) is 3.53. The van der Waals surface area contributed by atoms with Gasteiger partial charge in [-0.2, -0.15) is 0 Å². The monoisotopic (exact) mass is 265 g/mol. The van der Waals surface area contributed by atoms with Crippen molar-refractivity contribution in [3.05, 3.63) is 18.2 Å². The topological polar surface area (TPSA) is 56.8 Å². The minimum absolute atomic E-state index is 0.0101. The van der Waals surface area contributed by atoms with E-state index in [1.165, 1.54) is 0 Å². The second-order valence-corrected chi connectivity index (χ2v) is 4.38. The summed E-state index contributed by atoms with van der Waals surface area (Å²) in [4.78, 5) is 11.7. The highest BCUT2D eigenvalue weighted by molar-refractivity contribution is 5.77. The van der Waals surface area contributed by atoms with E-state index in [0.717, 1.165) is 12.8 Å². The highest BCUT2D eigenvalue weighted by atomic mass is 16.7. The fourth-order valence-corrected chi connectivity index (χ4v) is 1.88. The molecule has 104 valence electrons. The molecular formula is C14H19NO4. The van der Waals surface area contributed by atoms with E-state index in [1.807, 2.05) is 13.8 Å². The smallest absolute Gasteiger partial charge is 0.258 e. The second kappa shape index (κ2) is 6.31. The summed E-state index contributed by atoms with van der Waals surface area (Å²) in [7, 11) is 0. The van der Waals surface area contributed by atoms with E-state index in [2.05, 4.69) is 5.32 Å². The van der Waals surface area contributed by atoms with Crippen molar-refractivity contribution in [1.82, 2.24) is 5.32 Å². The largest absolute Gasteiger partial charge is 0.484 e. The van der Waals surface area contributed by atoms with Crippen LogP contribution in [0.25, 0.3) is 0 Å². The molecule has 5 heteroatoms. The zero-order chi connectivity index (χ0) is 13.7. The number of ether oxygens (including phenoxy) is 3. The molecule has 1 aliphatic heterocycles. The lowest BCUT2D eigenvalue weighted by Gasteiger charge is -2.15. The number of hydrogen-bond donors (Lipinski definition) is 1. The first-order chi connectivity index (χ1) is 9.22. The van der Waals surface area contributed by atoms with E-state index < -0.39 is 0 Å². The van der Waals surface area contributed by atoms with E-state index in [0.29, 0.717) is 17.2 Å². The van der Waals surface area contributed by atoms with Crippen LogP contribution in [0.4, 0.5) is 0 Å². The Labute approximate surface area is 112 Å². The van der Waals surface area contributed by atoms with E-state index in [9.17, 15) is 4.79 Å². The van der Waals surface area contributed by atoms with Crippen molar-refractivity contribution < 1.29 is 19.0 Å². The van der Waals surface area contributed by atoms with Gasteiger partial charge in [-0.05, 0) is 25.0 Å². The highest BCUT2D eigenvalue weighted by Gasteiger charge is 2.14. The van der Waals surface area contributed by atoms with Gasteiger partial charge in [-0.1, -0.05) is 13.8 Å². The molecule has 1 heterocycles. The molecule has 0 bridgehead atoms. The van der Waals surface area contributed by atoms with Crippen LogP contribution in [0.15, 0.2) is 18.2 Å². The molecule has 1 aromatic rings. The first-order valence-corrected chi connectivity index (χ1v) is 6.54. The molecule has 0 aromatic heterocycles. The molecule has 1 aromatic carbocycles. The molecule has 0 atom stereocenters. The van der Waals surface area contributed by atoms with Gasteiger partial charge < -0.3 is 19.5 Å². The second-order valence-electron chi connectivity index (χ2n) is 4.38. The number of amides is 1. The third-order valence-electron chi connectivity index (χ3n) is 3.06. The number of nitrogens with one attached hydrogen (secondary N) is 1. The minimum Gasteiger partial charge on any atom is -0.484 e. The molecular weight excluding hydrogens is 246 g/mol. The van der Waals surface area contributed by atoms with Gasteiger partial charge in [0.2, 0.25) is 6.79 Å². The van der Waals surface area contributed by atoms with E-state index in [-0.39, 0.29) is 25.3 Å². The first kappa shape index (κ1) is 13.5. The Balaban J connectivity index is 1.83. The van der Waals surface area contributed by atoms with Crippen LogP contribution in [0.3, 0.4) is 0 Å². The number of rotatable bonds is 6. The summed E-state index contributed by atoms with van der Waals surface area (Å²) in [5, 5.41) is 2.92. The maximum absolute atomic E-state index is 11.7. The minimum atomic E-state index is -0.105. The number of carbonyl (C=O) groups is 1. The maximum Gasteiger partial charge on any atom is 0.258 e. The molecule has 1 aliphatic rings. The van der Waals surface area contributed by atoms with Gasteiger partial charge in [-0.3, -0.25) is 4.79 Å². The van der Waals surface area contributed by atoms with Gasteiger partial charge in [-0.15, -0.1) is 0 Å². The lowest BCUT2D eigenvalue weighted by atomic mass is 10.2. The number of carbonyl (C=O) groups excluding carboxylic acids is 1. The normalized spacial score (nSPS) is 12.6. The molecule has 0 saturated heterocycles. The Morgan fingerprint density at radius 2 is 2.05 bits per heavy atom. The van der Waals surface area contributed by atoms with Crippen molar-refractivity contribution in [3.63, 3.8) is 0 Å². The molecule has 1 N–H and O–H groups in total. The average Bonchev–Trinajstić information content (AvgIpc) is 2.89. The van der Waals surface area contributed by atoms with Crippen molar-refractivity contribution >= 4 is 5.91 Å². The van der Waals surface area contributed by atoms with Crippen molar-refractivity contribution in [1.29, 1.82) is 0 Å². The lowest BCUT2D eigenvalue weighted by Crippen LogP contribution is -2.37. The van der Waals surface area contributed by atoms with Gasteiger partial charge in [0.15, 0.2) is 18.1 Å². The van der Waals surface area contributed by atoms with Crippen molar-refractivity contribution in [2.24, 2.45) is 0 Å². The Morgan fingerprint density at radius 3 is 2.79 bits per heavy atom. The molecule has 0 unspecified atom stereocenters. The molecule has 1 amide bonds. The molecule has 0 fully saturated rings. The quantitative estimate of drug-likeness (QED) is 0.855. The SMILES string of the molecule is CCC(CC)NC(=O)COc1ccc2c(c1)OCO2. The first-order valence-electron chi connectivity index (χ1n) is 6.54. The van der Waals surface area contributed by atoms with E-state index in [4.69, 9.17) is 14.2 Å². The summed E-state index contributed by atoms with van der Waals surface area (Å²) < 4.78 is 15.9. The number of hydrogen-bond acceptors (Lipinski definition) is 4. The molecule has 0 aliphatic carbocycles. The summed E-state index contributed by atoms with van der Waals surface area (Å²) in [6.07, 6.45) is 1.85. The summed E-state index contributed by atoms with van der Waals surface area (Å²) >= 11 is 0. The standard InChI is InChI=1S/C14H19NO4/c1-3-10(4-2)15-14(16)8-17-11-5-6-12-13(7-11)19-9-18-12/h5-7,10H,3-4,8-9H2,1-2H3,(H,15,16). The molecule has 0 saturated carbocycles. The fourth-order valence-electron chi connectivity index (χ4n) is 1.88. The van der Waals surface area contributed by atoms with Crippen LogP contribution in [0, 0.1) is 0 Å². The molecule has 0 spiro atoms. The van der Waals surface area contributed by atoms with Crippen molar-refractivity contribution in [2.45, 2.75) is 32.7 Å². The summed E-state index contributed by atoms with van der Waals surface area (Å²) in [5.74, 6) is 1.85. The third-order valence-corrected chi connectivity index (χ3v) is 3.06. The fraction of sp³-hybridized carbons (Fsp3) is 0.500. The predicted octanol–water partition coefficient (Wildman–Crippen LogP) is 2.10. The van der Waals surface area contributed by atoms with Crippen LogP contribution in [-0.4, -0.2) is 25.3 Å². The van der Waals surface area contributed by atoms with E-state index >= 15 is 0 Å². The zero-order valence-corrected chi connectivity index (χ0v) is 11.3. The Hall–Kier alpha value is -1.91. The van der Waals surface area contributed by atoms with Gasteiger partial charge in [0.05, 0.1) is 0 Å². The summed E-state index contributed by atoms with van der Waals surface area (Å²) in [5.41, 5.74) is 0. The van der Waals surface area contributed by atoms with Crippen LogP contribution < -0.4 is 19.5 Å². The van der Waals surface area contributed by atoms with Crippen LogP contribution in [0.1, 0.15) is 26.7 Å². The van der Waals surface area contributed by atoms with Crippen molar-refractivity contribution in [2.75, 3.05) is 13.4 Å². The van der Waals surface area contributed by atoms with Gasteiger partial charge in [0.1, 0.15) is 5.75 Å². The molecule has 0 radical (unpaired) electrons.